The minimum absolute atomic E-state index is 0.903. The molecule has 0 bridgehead atoms. The Bertz CT molecular complexity index is 520. The van der Waals surface area contributed by atoms with Gasteiger partial charge in [0, 0.05) is 29.8 Å². The van der Waals surface area contributed by atoms with E-state index in [0.29, 0.717) is 0 Å². The van der Waals surface area contributed by atoms with Crippen molar-refractivity contribution in [3.05, 3.63) is 46.5 Å². The van der Waals surface area contributed by atoms with Gasteiger partial charge in [-0.05, 0) is 40.2 Å². The fraction of sp³-hybridized carbons (Fsp3) is 0.357. The number of hydrogen-bond acceptors (Lipinski definition) is 2. The van der Waals surface area contributed by atoms with Gasteiger partial charge < -0.3 is 9.88 Å². The lowest BCUT2D eigenvalue weighted by molar-refractivity contribution is 0.726. The first-order valence-electron chi connectivity index (χ1n) is 6.28. The summed E-state index contributed by atoms with van der Waals surface area (Å²) in [6.45, 7) is 6.12. The highest BCUT2D eigenvalue weighted by molar-refractivity contribution is 9.10. The van der Waals surface area contributed by atoms with Crippen LogP contribution in [0, 0.1) is 0 Å². The third kappa shape index (κ3) is 2.82. The van der Waals surface area contributed by atoms with E-state index in [9.17, 15) is 0 Å². The summed E-state index contributed by atoms with van der Waals surface area (Å²) in [6.07, 6.45) is 4.78. The summed E-state index contributed by atoms with van der Waals surface area (Å²) in [5.74, 6) is 1.08. The zero-order chi connectivity index (χ0) is 13.0. The Labute approximate surface area is 116 Å². The summed E-state index contributed by atoms with van der Waals surface area (Å²) in [5, 5.41) is 3.33. The van der Waals surface area contributed by atoms with Crippen molar-refractivity contribution in [2.24, 2.45) is 0 Å². The Hall–Kier alpha value is -1.13. The monoisotopic (exact) mass is 307 g/mol. The van der Waals surface area contributed by atoms with Crippen molar-refractivity contribution in [2.75, 3.05) is 6.54 Å². The molecule has 0 atom stereocenters. The fourth-order valence-electron chi connectivity index (χ4n) is 1.94. The first kappa shape index (κ1) is 13.3. The van der Waals surface area contributed by atoms with Gasteiger partial charge in [-0.25, -0.2) is 4.98 Å². The van der Waals surface area contributed by atoms with Crippen LogP contribution in [0.4, 0.5) is 0 Å². The molecule has 3 nitrogen and oxygen atoms in total. The van der Waals surface area contributed by atoms with Gasteiger partial charge >= 0.3 is 0 Å². The number of nitrogens with zero attached hydrogens (tertiary/aromatic N) is 2. The molecule has 1 aromatic heterocycles. The standard InChI is InChI=1S/C14H18BrN3/c1-3-14-17-7-8-18(14)13-6-5-11(9-12(13)15)10-16-4-2/h5-9,16H,3-4,10H2,1-2H3. The van der Waals surface area contributed by atoms with Crippen LogP contribution in [0.2, 0.25) is 0 Å². The topological polar surface area (TPSA) is 29.9 Å². The third-order valence-corrected chi connectivity index (χ3v) is 3.52. The van der Waals surface area contributed by atoms with Crippen molar-refractivity contribution in [2.45, 2.75) is 26.8 Å². The summed E-state index contributed by atoms with van der Waals surface area (Å²) < 4.78 is 3.23. The predicted molar refractivity (Wildman–Crippen MR) is 78.0 cm³/mol. The molecule has 1 N–H and O–H groups in total. The number of imidazole rings is 1. The highest BCUT2D eigenvalue weighted by Gasteiger charge is 2.07. The van der Waals surface area contributed by atoms with Crippen LogP contribution in [-0.4, -0.2) is 16.1 Å². The van der Waals surface area contributed by atoms with Crippen molar-refractivity contribution < 1.29 is 0 Å². The summed E-state index contributed by atoms with van der Waals surface area (Å²) in [7, 11) is 0. The van der Waals surface area contributed by atoms with Crippen molar-refractivity contribution >= 4 is 15.9 Å². The van der Waals surface area contributed by atoms with Gasteiger partial charge in [0.2, 0.25) is 0 Å². The molecule has 0 aliphatic heterocycles. The Morgan fingerprint density at radius 2 is 2.17 bits per heavy atom. The van der Waals surface area contributed by atoms with E-state index in [-0.39, 0.29) is 0 Å². The maximum atomic E-state index is 4.35. The number of aromatic nitrogens is 2. The first-order chi connectivity index (χ1) is 8.76. The van der Waals surface area contributed by atoms with Crippen LogP contribution in [0.1, 0.15) is 25.2 Å². The Kier molecular flexibility index (Phi) is 4.55. The highest BCUT2D eigenvalue weighted by Crippen LogP contribution is 2.23. The number of hydrogen-bond donors (Lipinski definition) is 1. The van der Waals surface area contributed by atoms with E-state index in [1.807, 2.05) is 12.4 Å². The zero-order valence-electron chi connectivity index (χ0n) is 10.8. The minimum atomic E-state index is 0.903. The van der Waals surface area contributed by atoms with Crippen molar-refractivity contribution in [1.29, 1.82) is 0 Å². The molecular formula is C14H18BrN3. The molecule has 1 heterocycles. The first-order valence-corrected chi connectivity index (χ1v) is 7.07. The molecule has 0 saturated carbocycles. The Morgan fingerprint density at radius 1 is 1.33 bits per heavy atom. The molecule has 4 heteroatoms. The van der Waals surface area contributed by atoms with E-state index in [1.54, 1.807) is 0 Å². The van der Waals surface area contributed by atoms with Gasteiger partial charge in [0.05, 0.1) is 5.69 Å². The van der Waals surface area contributed by atoms with Gasteiger partial charge in [0.25, 0.3) is 0 Å². The Balaban J connectivity index is 2.30. The molecule has 0 spiro atoms. The smallest absolute Gasteiger partial charge is 0.112 e. The lowest BCUT2D eigenvalue weighted by atomic mass is 10.2. The molecule has 0 saturated heterocycles. The van der Waals surface area contributed by atoms with Gasteiger partial charge in [0.1, 0.15) is 5.82 Å². The second-order valence-corrected chi connectivity index (χ2v) is 4.99. The predicted octanol–water partition coefficient (Wildman–Crippen LogP) is 3.31. The molecule has 0 aliphatic rings. The highest BCUT2D eigenvalue weighted by atomic mass is 79.9. The van der Waals surface area contributed by atoms with E-state index < -0.39 is 0 Å². The van der Waals surface area contributed by atoms with Crippen LogP contribution >= 0.6 is 15.9 Å². The number of halogens is 1. The van der Waals surface area contributed by atoms with Crippen LogP contribution in [0.15, 0.2) is 35.1 Å². The number of rotatable bonds is 5. The lowest BCUT2D eigenvalue weighted by Gasteiger charge is -2.11. The van der Waals surface area contributed by atoms with Crippen molar-refractivity contribution in [1.82, 2.24) is 14.9 Å². The van der Waals surface area contributed by atoms with Crippen LogP contribution in [0.3, 0.4) is 0 Å². The van der Waals surface area contributed by atoms with E-state index in [2.05, 4.69) is 62.8 Å². The molecular weight excluding hydrogens is 290 g/mol. The van der Waals surface area contributed by atoms with Crippen LogP contribution in [0.25, 0.3) is 5.69 Å². The molecule has 2 rings (SSSR count). The van der Waals surface area contributed by atoms with Gasteiger partial charge in [0.15, 0.2) is 0 Å². The lowest BCUT2D eigenvalue weighted by Crippen LogP contribution is -2.11. The molecule has 1 aromatic carbocycles. The summed E-state index contributed by atoms with van der Waals surface area (Å²) >= 11 is 3.65. The second kappa shape index (κ2) is 6.16. The molecule has 0 amide bonds. The largest absolute Gasteiger partial charge is 0.313 e. The van der Waals surface area contributed by atoms with E-state index >= 15 is 0 Å². The van der Waals surface area contributed by atoms with Gasteiger partial charge in [-0.3, -0.25) is 0 Å². The summed E-state index contributed by atoms with van der Waals surface area (Å²) in [6, 6.07) is 6.46. The number of benzene rings is 1. The fourth-order valence-corrected chi connectivity index (χ4v) is 2.56. The van der Waals surface area contributed by atoms with Gasteiger partial charge in [-0.1, -0.05) is 19.9 Å². The maximum Gasteiger partial charge on any atom is 0.112 e. The van der Waals surface area contributed by atoms with Gasteiger partial charge in [-0.2, -0.15) is 0 Å². The van der Waals surface area contributed by atoms with E-state index in [0.717, 1.165) is 35.5 Å². The molecule has 2 aromatic rings. The molecule has 0 unspecified atom stereocenters. The van der Waals surface area contributed by atoms with E-state index in [4.69, 9.17) is 0 Å². The molecule has 18 heavy (non-hydrogen) atoms. The quantitative estimate of drug-likeness (QED) is 0.918. The zero-order valence-corrected chi connectivity index (χ0v) is 12.4. The van der Waals surface area contributed by atoms with E-state index in [1.165, 1.54) is 5.56 Å². The second-order valence-electron chi connectivity index (χ2n) is 4.13. The van der Waals surface area contributed by atoms with Gasteiger partial charge in [-0.15, -0.1) is 0 Å². The SMILES string of the molecule is CCNCc1ccc(-n2ccnc2CC)c(Br)c1. The number of aryl methyl sites for hydroxylation is 1. The normalized spacial score (nSPS) is 10.8. The van der Waals surface area contributed by atoms with Crippen molar-refractivity contribution in [3.63, 3.8) is 0 Å². The molecule has 0 radical (unpaired) electrons. The number of nitrogens with one attached hydrogen (secondary N) is 1. The van der Waals surface area contributed by atoms with Crippen LogP contribution in [0.5, 0.6) is 0 Å². The Morgan fingerprint density at radius 3 is 2.83 bits per heavy atom. The average molecular weight is 308 g/mol. The summed E-state index contributed by atoms with van der Waals surface area (Å²) in [5.41, 5.74) is 2.43. The average Bonchev–Trinajstić information content (AvgIpc) is 2.84. The summed E-state index contributed by atoms with van der Waals surface area (Å²) in [4.78, 5) is 4.35. The maximum absolute atomic E-state index is 4.35. The molecule has 96 valence electrons. The van der Waals surface area contributed by atoms with Crippen LogP contribution < -0.4 is 5.32 Å². The third-order valence-electron chi connectivity index (χ3n) is 2.88. The van der Waals surface area contributed by atoms with Crippen molar-refractivity contribution in [3.8, 4) is 5.69 Å². The van der Waals surface area contributed by atoms with Crippen LogP contribution in [-0.2, 0) is 13.0 Å². The molecule has 0 aliphatic carbocycles. The molecule has 0 fully saturated rings. The minimum Gasteiger partial charge on any atom is -0.313 e.